The first-order valence-corrected chi connectivity index (χ1v) is 6.38. The second kappa shape index (κ2) is 5.34. The van der Waals surface area contributed by atoms with Crippen LogP contribution in [0.2, 0.25) is 0 Å². The van der Waals surface area contributed by atoms with Crippen LogP contribution < -0.4 is 5.56 Å². The van der Waals surface area contributed by atoms with Gasteiger partial charge >= 0.3 is 0 Å². The van der Waals surface area contributed by atoms with Gasteiger partial charge in [0.05, 0.1) is 5.56 Å². The smallest absolute Gasteiger partial charge is 0.258 e. The third kappa shape index (κ3) is 2.45. The molecular weight excluding hydrogens is 229 g/mol. The first-order chi connectivity index (χ1) is 8.63. The number of hydrogen-bond acceptors (Lipinski definition) is 1. The molecule has 1 aromatic rings. The van der Waals surface area contributed by atoms with Gasteiger partial charge in [-0.15, -0.1) is 0 Å². The molecule has 1 heterocycles. The van der Waals surface area contributed by atoms with Gasteiger partial charge in [-0.1, -0.05) is 31.6 Å². The van der Waals surface area contributed by atoms with Gasteiger partial charge in [-0.3, -0.25) is 4.79 Å². The molecule has 18 heavy (non-hydrogen) atoms. The van der Waals surface area contributed by atoms with Crippen LogP contribution in [-0.4, -0.2) is 4.98 Å². The minimum absolute atomic E-state index is 0.0508. The summed E-state index contributed by atoms with van der Waals surface area (Å²) < 4.78 is 13.3. The largest absolute Gasteiger partial charge is 0.325 e. The zero-order valence-electron chi connectivity index (χ0n) is 10.6. The number of aromatic nitrogens is 1. The lowest BCUT2D eigenvalue weighted by Gasteiger charge is -2.12. The Balaban J connectivity index is 2.52. The number of rotatable bonds is 3. The standard InChI is InChI=1S/C15H18FNO/c1-3-6-12-9-13(11-7-4-5-8-11)17-15(18)14(12)10(2)16/h3,6,9,11H,2,4-5,7-8H2,1H3,(H,17,18)/b6-3-. The molecule has 0 aliphatic heterocycles. The number of halogens is 1. The molecule has 1 aliphatic carbocycles. The third-order valence-electron chi connectivity index (χ3n) is 3.50. The van der Waals surface area contributed by atoms with E-state index in [-0.39, 0.29) is 11.1 Å². The van der Waals surface area contributed by atoms with Crippen molar-refractivity contribution in [1.82, 2.24) is 4.98 Å². The van der Waals surface area contributed by atoms with Crippen LogP contribution in [0.3, 0.4) is 0 Å². The van der Waals surface area contributed by atoms with Crippen LogP contribution in [0.4, 0.5) is 4.39 Å². The van der Waals surface area contributed by atoms with Crippen molar-refractivity contribution in [2.75, 3.05) is 0 Å². The fraction of sp³-hybridized carbons (Fsp3) is 0.400. The van der Waals surface area contributed by atoms with Crippen LogP contribution in [0, 0.1) is 0 Å². The molecule has 0 aromatic carbocycles. The first-order valence-electron chi connectivity index (χ1n) is 6.38. The number of nitrogens with one attached hydrogen (secondary N) is 1. The van der Waals surface area contributed by atoms with Gasteiger partial charge in [-0.05, 0) is 37.3 Å². The van der Waals surface area contributed by atoms with Crippen LogP contribution in [0.15, 0.2) is 23.5 Å². The third-order valence-corrected chi connectivity index (χ3v) is 3.50. The van der Waals surface area contributed by atoms with E-state index in [0.717, 1.165) is 18.5 Å². The zero-order valence-corrected chi connectivity index (χ0v) is 10.6. The summed E-state index contributed by atoms with van der Waals surface area (Å²) in [6.07, 6.45) is 8.15. The normalized spacial score (nSPS) is 16.6. The van der Waals surface area contributed by atoms with Crippen LogP contribution in [0.5, 0.6) is 0 Å². The van der Waals surface area contributed by atoms with Crippen molar-refractivity contribution < 1.29 is 4.39 Å². The van der Waals surface area contributed by atoms with E-state index in [1.807, 2.05) is 13.0 Å². The van der Waals surface area contributed by atoms with E-state index in [9.17, 15) is 9.18 Å². The molecule has 1 aromatic heterocycles. The highest BCUT2D eigenvalue weighted by atomic mass is 19.1. The summed E-state index contributed by atoms with van der Waals surface area (Å²) in [5.74, 6) is -0.272. The Hall–Kier alpha value is -1.64. The molecule has 0 bridgehead atoms. The van der Waals surface area contributed by atoms with Crippen molar-refractivity contribution in [1.29, 1.82) is 0 Å². The summed E-state index contributed by atoms with van der Waals surface area (Å²) in [5.41, 5.74) is 1.22. The van der Waals surface area contributed by atoms with Crippen molar-refractivity contribution >= 4 is 11.9 Å². The lowest BCUT2D eigenvalue weighted by molar-refractivity contribution is 0.691. The average Bonchev–Trinajstić information content (AvgIpc) is 2.81. The topological polar surface area (TPSA) is 32.9 Å². The molecule has 0 saturated heterocycles. The van der Waals surface area contributed by atoms with Gasteiger partial charge in [-0.25, -0.2) is 4.39 Å². The fourth-order valence-corrected chi connectivity index (χ4v) is 2.65. The molecule has 2 nitrogen and oxygen atoms in total. The molecule has 96 valence electrons. The van der Waals surface area contributed by atoms with Gasteiger partial charge < -0.3 is 4.98 Å². The van der Waals surface area contributed by atoms with Gasteiger partial charge in [0.25, 0.3) is 5.56 Å². The van der Waals surface area contributed by atoms with Gasteiger partial charge in [0, 0.05) is 5.69 Å². The second-order valence-electron chi connectivity index (χ2n) is 4.77. The van der Waals surface area contributed by atoms with E-state index < -0.39 is 5.83 Å². The van der Waals surface area contributed by atoms with Gasteiger partial charge in [-0.2, -0.15) is 0 Å². The number of aromatic amines is 1. The quantitative estimate of drug-likeness (QED) is 0.860. The van der Waals surface area contributed by atoms with Gasteiger partial charge in [0.15, 0.2) is 0 Å². The van der Waals surface area contributed by atoms with Crippen LogP contribution in [-0.2, 0) is 0 Å². The minimum Gasteiger partial charge on any atom is -0.325 e. The van der Waals surface area contributed by atoms with E-state index in [1.165, 1.54) is 12.8 Å². The predicted octanol–water partition coefficient (Wildman–Crippen LogP) is 4.01. The molecule has 0 atom stereocenters. The first kappa shape index (κ1) is 12.8. The summed E-state index contributed by atoms with van der Waals surface area (Å²) in [4.78, 5) is 14.8. The Kier molecular flexibility index (Phi) is 3.80. The lowest BCUT2D eigenvalue weighted by atomic mass is 9.99. The van der Waals surface area contributed by atoms with Gasteiger partial charge in [0.1, 0.15) is 5.83 Å². The molecule has 0 radical (unpaired) electrons. The Morgan fingerprint density at radius 3 is 2.72 bits per heavy atom. The van der Waals surface area contributed by atoms with E-state index in [0.29, 0.717) is 11.5 Å². The maximum Gasteiger partial charge on any atom is 0.258 e. The van der Waals surface area contributed by atoms with E-state index >= 15 is 0 Å². The summed E-state index contributed by atoms with van der Waals surface area (Å²) in [5, 5.41) is 0. The van der Waals surface area contributed by atoms with Crippen molar-refractivity contribution in [3.05, 3.63) is 45.9 Å². The highest BCUT2D eigenvalue weighted by Gasteiger charge is 2.20. The SMILES string of the molecule is C=C(F)c1c(/C=C\C)cc(C2CCCC2)[nH]c1=O. The molecule has 0 spiro atoms. The number of allylic oxidation sites excluding steroid dienone is 1. The van der Waals surface area contributed by atoms with E-state index in [2.05, 4.69) is 11.6 Å². The van der Waals surface area contributed by atoms with Crippen molar-refractivity contribution in [3.8, 4) is 0 Å². The number of H-pyrrole nitrogens is 1. The molecular formula is C15H18FNO. The molecule has 2 rings (SSSR count). The zero-order chi connectivity index (χ0) is 13.1. The average molecular weight is 247 g/mol. The van der Waals surface area contributed by atoms with Crippen molar-refractivity contribution in [2.45, 2.75) is 38.5 Å². The summed E-state index contributed by atoms with van der Waals surface area (Å²) >= 11 is 0. The maximum absolute atomic E-state index is 13.3. The lowest BCUT2D eigenvalue weighted by Crippen LogP contribution is -2.16. The maximum atomic E-state index is 13.3. The van der Waals surface area contributed by atoms with Crippen molar-refractivity contribution in [2.24, 2.45) is 0 Å². The molecule has 1 N–H and O–H groups in total. The van der Waals surface area contributed by atoms with Gasteiger partial charge in [0.2, 0.25) is 0 Å². The summed E-state index contributed by atoms with van der Waals surface area (Å²) in [6, 6.07) is 1.89. The number of pyridine rings is 1. The molecule has 1 fully saturated rings. The Morgan fingerprint density at radius 1 is 1.50 bits per heavy atom. The Labute approximate surface area is 106 Å². The Morgan fingerprint density at radius 2 is 2.17 bits per heavy atom. The monoisotopic (exact) mass is 247 g/mol. The molecule has 1 aliphatic rings. The molecule has 0 unspecified atom stereocenters. The minimum atomic E-state index is -0.678. The van der Waals surface area contributed by atoms with E-state index in [4.69, 9.17) is 0 Å². The highest BCUT2D eigenvalue weighted by Crippen LogP contribution is 2.33. The van der Waals surface area contributed by atoms with Crippen molar-refractivity contribution in [3.63, 3.8) is 0 Å². The number of hydrogen-bond donors (Lipinski definition) is 1. The van der Waals surface area contributed by atoms with Crippen LogP contribution >= 0.6 is 0 Å². The van der Waals surface area contributed by atoms with Crippen LogP contribution in [0.25, 0.3) is 11.9 Å². The highest BCUT2D eigenvalue weighted by molar-refractivity contribution is 5.68. The Bertz CT molecular complexity index is 536. The summed E-state index contributed by atoms with van der Waals surface area (Å²) in [6.45, 7) is 5.08. The fourth-order valence-electron chi connectivity index (χ4n) is 2.65. The molecule has 3 heteroatoms. The predicted molar refractivity (Wildman–Crippen MR) is 73.1 cm³/mol. The second-order valence-corrected chi connectivity index (χ2v) is 4.77. The molecule has 1 saturated carbocycles. The molecule has 0 amide bonds. The summed E-state index contributed by atoms with van der Waals surface area (Å²) in [7, 11) is 0. The van der Waals surface area contributed by atoms with E-state index in [1.54, 1.807) is 12.2 Å². The van der Waals surface area contributed by atoms with Crippen LogP contribution in [0.1, 0.15) is 55.3 Å².